The molecule has 2 heterocycles. The Morgan fingerprint density at radius 3 is 2.19 bits per heavy atom. The van der Waals surface area contributed by atoms with Gasteiger partial charge < -0.3 is 4.74 Å². The molecule has 148 valence electrons. The molecule has 0 spiro atoms. The van der Waals surface area contributed by atoms with Gasteiger partial charge in [-0.3, -0.25) is 0 Å². The predicted molar refractivity (Wildman–Crippen MR) is 104 cm³/mol. The molecule has 1 aromatic carbocycles. The third kappa shape index (κ3) is 4.53. The zero-order valence-corrected chi connectivity index (χ0v) is 17.7. The highest BCUT2D eigenvalue weighted by atomic mass is 35.5. The maximum atomic E-state index is 12.7. The number of sulfonamides is 2. The average molecular weight is 451 g/mol. The van der Waals surface area contributed by atoms with Crippen LogP contribution in [0.3, 0.4) is 0 Å². The first-order chi connectivity index (χ1) is 12.7. The van der Waals surface area contributed by atoms with E-state index in [2.05, 4.69) is 0 Å². The Bertz CT molecular complexity index is 997. The molecule has 1 aliphatic heterocycles. The first kappa shape index (κ1) is 20.7. The molecule has 0 bridgehead atoms. The number of nitrogens with zero attached hydrogens (tertiary/aromatic N) is 2. The molecule has 0 aliphatic carbocycles. The molecule has 27 heavy (non-hydrogen) atoms. The molecular weight excluding hydrogens is 432 g/mol. The topological polar surface area (TPSA) is 84.0 Å². The van der Waals surface area contributed by atoms with Gasteiger partial charge >= 0.3 is 0 Å². The zero-order chi connectivity index (χ0) is 19.7. The molecule has 0 saturated carbocycles. The number of rotatable bonds is 6. The van der Waals surface area contributed by atoms with Gasteiger partial charge in [-0.25, -0.2) is 16.8 Å². The van der Waals surface area contributed by atoms with Crippen LogP contribution in [0, 0.1) is 0 Å². The molecule has 0 N–H and O–H groups in total. The Labute approximate surface area is 168 Å². The van der Waals surface area contributed by atoms with E-state index in [0.29, 0.717) is 17.6 Å². The number of ether oxygens (including phenoxy) is 1. The first-order valence-corrected chi connectivity index (χ1v) is 12.2. The van der Waals surface area contributed by atoms with Crippen LogP contribution in [0.25, 0.3) is 0 Å². The van der Waals surface area contributed by atoms with Crippen molar-refractivity contribution in [2.75, 3.05) is 33.4 Å². The fourth-order valence-electron chi connectivity index (χ4n) is 2.64. The maximum Gasteiger partial charge on any atom is 0.243 e. The highest BCUT2D eigenvalue weighted by Gasteiger charge is 2.27. The summed E-state index contributed by atoms with van der Waals surface area (Å²) in [6, 6.07) is 8.78. The Kier molecular flexibility index (Phi) is 6.26. The molecule has 1 aliphatic rings. The molecule has 7 nitrogen and oxygen atoms in total. The highest BCUT2D eigenvalue weighted by Crippen LogP contribution is 2.25. The number of hydrogen-bond donors (Lipinski definition) is 0. The van der Waals surface area contributed by atoms with E-state index in [0.717, 1.165) is 4.88 Å². The van der Waals surface area contributed by atoms with Crippen LogP contribution in [-0.4, -0.2) is 58.8 Å². The van der Waals surface area contributed by atoms with E-state index in [1.807, 2.05) is 0 Å². The summed E-state index contributed by atoms with van der Waals surface area (Å²) < 4.78 is 59.0. The average Bonchev–Trinajstić information content (AvgIpc) is 3.07. The van der Waals surface area contributed by atoms with Gasteiger partial charge in [-0.05, 0) is 36.4 Å². The number of morpholine rings is 1. The normalized spacial score (nSPS) is 16.7. The van der Waals surface area contributed by atoms with E-state index >= 15 is 0 Å². The molecule has 11 heteroatoms. The maximum absolute atomic E-state index is 12.7. The fraction of sp³-hybridized carbons (Fsp3) is 0.375. The minimum absolute atomic E-state index is 0.0357. The van der Waals surface area contributed by atoms with Crippen LogP contribution in [0.5, 0.6) is 0 Å². The van der Waals surface area contributed by atoms with E-state index in [-0.39, 0.29) is 29.4 Å². The third-order valence-corrected chi connectivity index (χ3v) is 9.09. The summed E-state index contributed by atoms with van der Waals surface area (Å²) in [6.45, 7) is 1.46. The summed E-state index contributed by atoms with van der Waals surface area (Å²) in [4.78, 5) is 0.919. The lowest BCUT2D eigenvalue weighted by atomic mass is 10.4. The van der Waals surface area contributed by atoms with Gasteiger partial charge in [0, 0.05) is 31.6 Å². The largest absolute Gasteiger partial charge is 0.379 e. The summed E-state index contributed by atoms with van der Waals surface area (Å²) in [5, 5.41) is 0. The van der Waals surface area contributed by atoms with Crippen LogP contribution in [0.2, 0.25) is 4.34 Å². The van der Waals surface area contributed by atoms with E-state index in [1.54, 1.807) is 12.1 Å². The number of thiophene rings is 1. The molecule has 1 aromatic heterocycles. The Morgan fingerprint density at radius 1 is 1.04 bits per heavy atom. The Morgan fingerprint density at radius 2 is 1.63 bits per heavy atom. The van der Waals surface area contributed by atoms with Crippen LogP contribution in [-0.2, 0) is 31.3 Å². The molecule has 0 unspecified atom stereocenters. The second-order valence-electron chi connectivity index (χ2n) is 5.95. The van der Waals surface area contributed by atoms with Crippen molar-refractivity contribution in [3.8, 4) is 0 Å². The van der Waals surface area contributed by atoms with Crippen molar-refractivity contribution >= 4 is 43.0 Å². The van der Waals surface area contributed by atoms with Crippen LogP contribution in [0.15, 0.2) is 46.2 Å². The van der Waals surface area contributed by atoms with Gasteiger partial charge in [-0.2, -0.15) is 8.61 Å². The van der Waals surface area contributed by atoms with Gasteiger partial charge in [-0.1, -0.05) is 11.6 Å². The van der Waals surface area contributed by atoms with E-state index in [9.17, 15) is 16.8 Å². The van der Waals surface area contributed by atoms with Gasteiger partial charge in [0.05, 0.1) is 27.3 Å². The summed E-state index contributed by atoms with van der Waals surface area (Å²) in [5.74, 6) is 0. The van der Waals surface area contributed by atoms with Crippen LogP contribution in [0.4, 0.5) is 0 Å². The van der Waals surface area contributed by atoms with E-state index in [4.69, 9.17) is 16.3 Å². The highest BCUT2D eigenvalue weighted by molar-refractivity contribution is 7.89. The van der Waals surface area contributed by atoms with E-state index in [1.165, 1.54) is 51.3 Å². The van der Waals surface area contributed by atoms with Gasteiger partial charge in [0.15, 0.2) is 0 Å². The van der Waals surface area contributed by atoms with Crippen molar-refractivity contribution in [1.82, 2.24) is 8.61 Å². The van der Waals surface area contributed by atoms with Crippen LogP contribution >= 0.6 is 22.9 Å². The Balaban J connectivity index is 1.79. The lowest BCUT2D eigenvalue weighted by Gasteiger charge is -2.26. The summed E-state index contributed by atoms with van der Waals surface area (Å²) >= 11 is 7.19. The van der Waals surface area contributed by atoms with Crippen molar-refractivity contribution in [3.05, 3.63) is 45.6 Å². The van der Waals surface area contributed by atoms with Crippen molar-refractivity contribution in [3.63, 3.8) is 0 Å². The second kappa shape index (κ2) is 8.16. The molecule has 1 fully saturated rings. The first-order valence-electron chi connectivity index (χ1n) is 8.10. The molecule has 0 radical (unpaired) electrons. The van der Waals surface area contributed by atoms with Gasteiger partial charge in [0.1, 0.15) is 0 Å². The SMILES string of the molecule is CN(Cc1ccc(Cl)s1)S(=O)(=O)c1ccc(S(=O)(=O)N2CCOCC2)cc1. The molecule has 3 rings (SSSR count). The van der Waals surface area contributed by atoms with Crippen LogP contribution in [0.1, 0.15) is 4.88 Å². The zero-order valence-electron chi connectivity index (χ0n) is 14.5. The smallest absolute Gasteiger partial charge is 0.243 e. The third-order valence-electron chi connectivity index (χ3n) is 4.15. The lowest BCUT2D eigenvalue weighted by molar-refractivity contribution is 0.0730. The minimum Gasteiger partial charge on any atom is -0.379 e. The summed E-state index contributed by atoms with van der Waals surface area (Å²) in [5.41, 5.74) is 0. The monoisotopic (exact) mass is 450 g/mol. The second-order valence-corrected chi connectivity index (χ2v) is 11.7. The number of hydrogen-bond acceptors (Lipinski definition) is 6. The minimum atomic E-state index is -3.75. The standard InChI is InChI=1S/C16H19ClN2O5S3/c1-18(12-13-2-7-16(17)25-13)26(20,21)14-3-5-15(6-4-14)27(22,23)19-8-10-24-11-9-19/h2-7H,8-12H2,1H3. The molecule has 0 amide bonds. The van der Waals surface area contributed by atoms with Gasteiger partial charge in [0.2, 0.25) is 20.0 Å². The quantitative estimate of drug-likeness (QED) is 0.673. The molecular formula is C16H19ClN2O5S3. The molecule has 1 saturated heterocycles. The van der Waals surface area contributed by atoms with Gasteiger partial charge in [0.25, 0.3) is 0 Å². The Hall–Kier alpha value is -1.01. The van der Waals surface area contributed by atoms with Crippen molar-refractivity contribution in [2.24, 2.45) is 0 Å². The van der Waals surface area contributed by atoms with Gasteiger partial charge in [-0.15, -0.1) is 11.3 Å². The predicted octanol–water partition coefficient (Wildman–Crippen LogP) is 2.24. The van der Waals surface area contributed by atoms with E-state index < -0.39 is 20.0 Å². The summed E-state index contributed by atoms with van der Waals surface area (Å²) in [7, 11) is -5.93. The molecule has 0 atom stereocenters. The number of halogens is 1. The molecule has 2 aromatic rings. The van der Waals surface area contributed by atoms with Crippen molar-refractivity contribution in [1.29, 1.82) is 0 Å². The fourth-order valence-corrected chi connectivity index (χ4v) is 6.42. The summed E-state index contributed by atoms with van der Waals surface area (Å²) in [6.07, 6.45) is 0. The number of benzene rings is 1. The van der Waals surface area contributed by atoms with Crippen molar-refractivity contribution in [2.45, 2.75) is 16.3 Å². The van der Waals surface area contributed by atoms with Crippen molar-refractivity contribution < 1.29 is 21.6 Å². The van der Waals surface area contributed by atoms with Crippen LogP contribution < -0.4 is 0 Å². The lowest BCUT2D eigenvalue weighted by Crippen LogP contribution is -2.40.